The third-order valence-corrected chi connectivity index (χ3v) is 5.54. The Kier molecular flexibility index (Phi) is 5.96. The lowest BCUT2D eigenvalue weighted by atomic mass is 10.1. The molecule has 1 aromatic heterocycles. The van der Waals surface area contributed by atoms with Gasteiger partial charge in [-0.15, -0.1) is 5.10 Å². The zero-order chi connectivity index (χ0) is 21.8. The maximum absolute atomic E-state index is 13.1. The molecule has 0 spiro atoms. The molecule has 1 aliphatic rings. The van der Waals surface area contributed by atoms with E-state index in [0.29, 0.717) is 30.0 Å². The number of benzene rings is 2. The Morgan fingerprint density at radius 1 is 1.13 bits per heavy atom. The standard InChI is InChI=1S/C23H24N6O2/c1-17-22(25-26-29(17)20-4-3-5-21(14-20)31-2)23(30)28-12-10-27(11-13-28)16-19-8-6-18(15-24)7-9-19/h3-9,14H,10-13,16H2,1-2H3. The van der Waals surface area contributed by atoms with Crippen LogP contribution >= 0.6 is 0 Å². The summed E-state index contributed by atoms with van der Waals surface area (Å²) in [5, 5.41) is 17.3. The number of amides is 1. The Hall–Kier alpha value is -3.70. The topological polar surface area (TPSA) is 87.3 Å². The number of hydrogen-bond donors (Lipinski definition) is 0. The molecule has 2 aromatic carbocycles. The summed E-state index contributed by atoms with van der Waals surface area (Å²) in [6, 6.07) is 17.3. The van der Waals surface area contributed by atoms with Crippen LogP contribution < -0.4 is 4.74 Å². The molecule has 1 aliphatic heterocycles. The normalized spacial score (nSPS) is 14.3. The van der Waals surface area contributed by atoms with Crippen LogP contribution in [-0.4, -0.2) is 64.0 Å². The first kappa shape index (κ1) is 20.6. The maximum Gasteiger partial charge on any atom is 0.276 e. The van der Waals surface area contributed by atoms with Gasteiger partial charge in [-0.05, 0) is 36.8 Å². The molecule has 0 atom stereocenters. The molecule has 0 aliphatic carbocycles. The molecule has 4 rings (SSSR count). The van der Waals surface area contributed by atoms with Gasteiger partial charge >= 0.3 is 0 Å². The average Bonchev–Trinajstić information content (AvgIpc) is 3.21. The molecular weight excluding hydrogens is 392 g/mol. The Balaban J connectivity index is 1.39. The van der Waals surface area contributed by atoms with Gasteiger partial charge in [0.15, 0.2) is 5.69 Å². The average molecular weight is 416 g/mol. The second-order valence-electron chi connectivity index (χ2n) is 7.51. The van der Waals surface area contributed by atoms with E-state index in [9.17, 15) is 4.79 Å². The number of piperazine rings is 1. The van der Waals surface area contributed by atoms with Gasteiger partial charge < -0.3 is 9.64 Å². The lowest BCUT2D eigenvalue weighted by Crippen LogP contribution is -2.48. The van der Waals surface area contributed by atoms with E-state index in [2.05, 4.69) is 21.3 Å². The van der Waals surface area contributed by atoms with Crippen LogP contribution in [0.4, 0.5) is 0 Å². The highest BCUT2D eigenvalue weighted by Gasteiger charge is 2.26. The van der Waals surface area contributed by atoms with E-state index in [0.717, 1.165) is 36.6 Å². The van der Waals surface area contributed by atoms with Crippen molar-refractivity contribution in [1.82, 2.24) is 24.8 Å². The number of ether oxygens (including phenoxy) is 1. The Bertz CT molecular complexity index is 1110. The van der Waals surface area contributed by atoms with E-state index in [1.807, 2.05) is 60.4 Å². The molecule has 0 N–H and O–H groups in total. The zero-order valence-corrected chi connectivity index (χ0v) is 17.7. The number of nitriles is 1. The highest BCUT2D eigenvalue weighted by molar-refractivity contribution is 5.93. The van der Waals surface area contributed by atoms with Crippen LogP contribution in [0.2, 0.25) is 0 Å². The van der Waals surface area contributed by atoms with Gasteiger partial charge in [0, 0.05) is 38.8 Å². The van der Waals surface area contributed by atoms with Crippen molar-refractivity contribution in [3.05, 3.63) is 71.0 Å². The van der Waals surface area contributed by atoms with Gasteiger partial charge in [-0.2, -0.15) is 5.26 Å². The molecule has 1 saturated heterocycles. The van der Waals surface area contributed by atoms with Gasteiger partial charge in [0.2, 0.25) is 0 Å². The molecule has 3 aromatic rings. The number of carbonyl (C=O) groups is 1. The van der Waals surface area contributed by atoms with Crippen molar-refractivity contribution in [1.29, 1.82) is 5.26 Å². The Morgan fingerprint density at radius 2 is 1.87 bits per heavy atom. The monoisotopic (exact) mass is 416 g/mol. The van der Waals surface area contributed by atoms with Crippen LogP contribution in [0, 0.1) is 18.3 Å². The van der Waals surface area contributed by atoms with Crippen molar-refractivity contribution in [2.45, 2.75) is 13.5 Å². The van der Waals surface area contributed by atoms with Crippen LogP contribution in [0.3, 0.4) is 0 Å². The largest absolute Gasteiger partial charge is 0.497 e. The molecule has 0 unspecified atom stereocenters. The summed E-state index contributed by atoms with van der Waals surface area (Å²) < 4.78 is 6.94. The van der Waals surface area contributed by atoms with E-state index < -0.39 is 0 Å². The lowest BCUT2D eigenvalue weighted by molar-refractivity contribution is 0.0622. The predicted molar refractivity (Wildman–Crippen MR) is 115 cm³/mol. The van der Waals surface area contributed by atoms with Crippen molar-refractivity contribution in [3.63, 3.8) is 0 Å². The summed E-state index contributed by atoms with van der Waals surface area (Å²) in [7, 11) is 1.61. The SMILES string of the molecule is COc1cccc(-n2nnc(C(=O)N3CCN(Cc4ccc(C#N)cc4)CC3)c2C)c1. The number of hydrogen-bond acceptors (Lipinski definition) is 6. The molecule has 31 heavy (non-hydrogen) atoms. The van der Waals surface area contributed by atoms with Gasteiger partial charge in [0.25, 0.3) is 5.91 Å². The van der Waals surface area contributed by atoms with Crippen LogP contribution in [0.25, 0.3) is 5.69 Å². The first-order chi connectivity index (χ1) is 15.1. The molecule has 0 radical (unpaired) electrons. The van der Waals surface area contributed by atoms with Crippen molar-refractivity contribution in [2.24, 2.45) is 0 Å². The smallest absolute Gasteiger partial charge is 0.276 e. The minimum Gasteiger partial charge on any atom is -0.497 e. The van der Waals surface area contributed by atoms with Crippen molar-refractivity contribution in [3.8, 4) is 17.5 Å². The van der Waals surface area contributed by atoms with Gasteiger partial charge in [0.05, 0.1) is 30.1 Å². The molecular formula is C23H24N6O2. The van der Waals surface area contributed by atoms with Crippen LogP contribution in [0.1, 0.15) is 27.3 Å². The number of methoxy groups -OCH3 is 1. The second-order valence-corrected chi connectivity index (χ2v) is 7.51. The van der Waals surface area contributed by atoms with Crippen LogP contribution in [0.5, 0.6) is 5.75 Å². The van der Waals surface area contributed by atoms with Gasteiger partial charge in [-0.3, -0.25) is 9.69 Å². The molecule has 8 heteroatoms. The minimum absolute atomic E-state index is 0.0929. The molecule has 2 heterocycles. The van der Waals surface area contributed by atoms with E-state index >= 15 is 0 Å². The fourth-order valence-electron chi connectivity index (χ4n) is 3.72. The lowest BCUT2D eigenvalue weighted by Gasteiger charge is -2.34. The third-order valence-electron chi connectivity index (χ3n) is 5.54. The summed E-state index contributed by atoms with van der Waals surface area (Å²) in [6.07, 6.45) is 0. The van der Waals surface area contributed by atoms with Crippen molar-refractivity contribution >= 4 is 5.91 Å². The highest BCUT2D eigenvalue weighted by atomic mass is 16.5. The van der Waals surface area contributed by atoms with E-state index in [4.69, 9.17) is 10.00 Å². The fraction of sp³-hybridized carbons (Fsp3) is 0.304. The Labute approximate surface area is 181 Å². The minimum atomic E-state index is -0.0929. The molecule has 1 amide bonds. The first-order valence-electron chi connectivity index (χ1n) is 10.2. The number of nitrogens with zero attached hydrogens (tertiary/aromatic N) is 6. The first-order valence-corrected chi connectivity index (χ1v) is 10.2. The van der Waals surface area contributed by atoms with E-state index in [-0.39, 0.29) is 5.91 Å². The maximum atomic E-state index is 13.1. The molecule has 0 saturated carbocycles. The highest BCUT2D eigenvalue weighted by Crippen LogP contribution is 2.19. The summed E-state index contributed by atoms with van der Waals surface area (Å²) in [4.78, 5) is 17.2. The number of aromatic nitrogens is 3. The summed E-state index contributed by atoms with van der Waals surface area (Å²) in [5.41, 5.74) is 3.71. The molecule has 0 bridgehead atoms. The summed E-state index contributed by atoms with van der Waals surface area (Å²) in [6.45, 7) is 5.51. The van der Waals surface area contributed by atoms with Crippen LogP contribution in [-0.2, 0) is 6.54 Å². The van der Waals surface area contributed by atoms with Crippen molar-refractivity contribution < 1.29 is 9.53 Å². The zero-order valence-electron chi connectivity index (χ0n) is 17.7. The number of rotatable bonds is 5. The molecule has 158 valence electrons. The quantitative estimate of drug-likeness (QED) is 0.635. The van der Waals surface area contributed by atoms with Crippen LogP contribution in [0.15, 0.2) is 48.5 Å². The molecule has 8 nitrogen and oxygen atoms in total. The predicted octanol–water partition coefficient (Wildman–Crippen LogP) is 2.41. The third kappa shape index (κ3) is 4.42. The summed E-state index contributed by atoms with van der Waals surface area (Å²) >= 11 is 0. The summed E-state index contributed by atoms with van der Waals surface area (Å²) in [5.74, 6) is 0.628. The Morgan fingerprint density at radius 3 is 2.55 bits per heavy atom. The van der Waals surface area contributed by atoms with Gasteiger partial charge in [0.1, 0.15) is 5.75 Å². The van der Waals surface area contributed by atoms with Gasteiger partial charge in [-0.1, -0.05) is 23.4 Å². The second kappa shape index (κ2) is 8.98. The molecule has 1 fully saturated rings. The van der Waals surface area contributed by atoms with E-state index in [1.165, 1.54) is 0 Å². The van der Waals surface area contributed by atoms with Gasteiger partial charge in [-0.25, -0.2) is 4.68 Å². The van der Waals surface area contributed by atoms with E-state index in [1.54, 1.807) is 11.8 Å². The fourth-order valence-corrected chi connectivity index (χ4v) is 3.72. The number of carbonyl (C=O) groups excluding carboxylic acids is 1. The van der Waals surface area contributed by atoms with Crippen molar-refractivity contribution in [2.75, 3.05) is 33.3 Å².